The zero-order chi connectivity index (χ0) is 15.2. The lowest BCUT2D eigenvalue weighted by molar-refractivity contribution is -0.149. The molecule has 0 N–H and O–H groups in total. The molecule has 0 bridgehead atoms. The molecule has 2 aromatic rings. The van der Waals surface area contributed by atoms with E-state index < -0.39 is 6.04 Å². The van der Waals surface area contributed by atoms with Crippen molar-refractivity contribution in [3.8, 4) is 0 Å². The first-order valence-corrected chi connectivity index (χ1v) is 7.01. The number of hydrogen-bond donors (Lipinski definition) is 0. The number of aromatic nitrogens is 1. The Hall–Kier alpha value is -2.36. The highest BCUT2D eigenvalue weighted by molar-refractivity contribution is 5.74. The van der Waals surface area contributed by atoms with E-state index in [2.05, 4.69) is 0 Å². The highest BCUT2D eigenvalue weighted by atomic mass is 16.5. The topological polar surface area (TPSA) is 48.3 Å². The van der Waals surface area contributed by atoms with Crippen LogP contribution in [0.1, 0.15) is 30.5 Å². The summed E-state index contributed by atoms with van der Waals surface area (Å²) in [5.74, 6) is -0.381. The Balaban J connectivity index is 2.12. The number of aryl methyl sites for hydroxylation is 1. The molecule has 1 aromatic carbocycles. The summed E-state index contributed by atoms with van der Waals surface area (Å²) in [4.78, 5) is 24.3. The second kappa shape index (κ2) is 6.88. The number of carbonyl (C=O) groups is 1. The number of benzene rings is 1. The van der Waals surface area contributed by atoms with E-state index in [0.717, 1.165) is 5.56 Å². The summed E-state index contributed by atoms with van der Waals surface area (Å²) in [6.45, 7) is 3.82. The van der Waals surface area contributed by atoms with E-state index >= 15 is 0 Å². The predicted molar refractivity (Wildman–Crippen MR) is 81.0 cm³/mol. The number of hydrogen-bond acceptors (Lipinski definition) is 3. The largest absolute Gasteiger partial charge is 0.459 e. The second-order valence-corrected chi connectivity index (χ2v) is 4.92. The zero-order valence-electron chi connectivity index (χ0n) is 12.3. The van der Waals surface area contributed by atoms with Crippen LogP contribution in [-0.2, 0) is 16.1 Å². The fourth-order valence-corrected chi connectivity index (χ4v) is 2.17. The van der Waals surface area contributed by atoms with Gasteiger partial charge in [0.15, 0.2) is 0 Å². The third-order valence-corrected chi connectivity index (χ3v) is 3.38. The Morgan fingerprint density at radius 3 is 2.57 bits per heavy atom. The van der Waals surface area contributed by atoms with Gasteiger partial charge in [0.2, 0.25) is 0 Å². The van der Waals surface area contributed by atoms with Crippen molar-refractivity contribution >= 4 is 5.97 Å². The molecule has 4 nitrogen and oxygen atoms in total. The van der Waals surface area contributed by atoms with E-state index in [1.54, 1.807) is 25.3 Å². The first-order valence-electron chi connectivity index (χ1n) is 7.01. The van der Waals surface area contributed by atoms with Gasteiger partial charge in [0.25, 0.3) is 5.56 Å². The maximum absolute atomic E-state index is 12.2. The molecule has 4 heteroatoms. The molecule has 1 unspecified atom stereocenters. The molecule has 0 aliphatic rings. The minimum absolute atomic E-state index is 0.152. The van der Waals surface area contributed by atoms with Crippen LogP contribution in [0.2, 0.25) is 0 Å². The van der Waals surface area contributed by atoms with Crippen molar-refractivity contribution in [2.75, 3.05) is 0 Å². The summed E-state index contributed by atoms with van der Waals surface area (Å²) >= 11 is 0. The van der Waals surface area contributed by atoms with Crippen LogP contribution in [0.4, 0.5) is 0 Å². The van der Waals surface area contributed by atoms with Gasteiger partial charge in [0.05, 0.1) is 0 Å². The molecule has 1 aromatic heterocycles. The van der Waals surface area contributed by atoms with E-state index in [0.29, 0.717) is 12.0 Å². The van der Waals surface area contributed by atoms with Crippen molar-refractivity contribution in [1.82, 2.24) is 4.57 Å². The maximum atomic E-state index is 12.2. The minimum atomic E-state index is -0.582. The molecule has 110 valence electrons. The molecule has 21 heavy (non-hydrogen) atoms. The van der Waals surface area contributed by atoms with Gasteiger partial charge in [0.1, 0.15) is 12.6 Å². The number of pyridine rings is 1. The summed E-state index contributed by atoms with van der Waals surface area (Å²) in [6.07, 6.45) is 2.14. The van der Waals surface area contributed by atoms with Crippen LogP contribution in [0.25, 0.3) is 0 Å². The van der Waals surface area contributed by atoms with Gasteiger partial charge in [-0.15, -0.1) is 0 Å². The van der Waals surface area contributed by atoms with Gasteiger partial charge >= 0.3 is 5.97 Å². The first-order chi connectivity index (χ1) is 10.1. The third-order valence-electron chi connectivity index (χ3n) is 3.38. The Morgan fingerprint density at radius 1 is 1.19 bits per heavy atom. The standard InChI is InChI=1S/C17H19NO3/c1-3-15(18-11-7-8-13(2)16(18)19)17(20)21-12-14-9-5-4-6-10-14/h4-11,15H,3,12H2,1-2H3. The number of rotatable bonds is 5. The SMILES string of the molecule is CCC(C(=O)OCc1ccccc1)n1cccc(C)c1=O. The summed E-state index contributed by atoms with van der Waals surface area (Å²) in [5, 5.41) is 0. The number of nitrogens with zero attached hydrogens (tertiary/aromatic N) is 1. The highest BCUT2D eigenvalue weighted by Crippen LogP contribution is 2.13. The molecular weight excluding hydrogens is 266 g/mol. The smallest absolute Gasteiger partial charge is 0.329 e. The van der Waals surface area contributed by atoms with Crippen molar-refractivity contribution in [2.45, 2.75) is 32.9 Å². The molecule has 0 fully saturated rings. The third kappa shape index (κ3) is 3.60. The van der Waals surface area contributed by atoms with Crippen molar-refractivity contribution in [2.24, 2.45) is 0 Å². The van der Waals surface area contributed by atoms with Crippen LogP contribution >= 0.6 is 0 Å². The molecule has 0 spiro atoms. The van der Waals surface area contributed by atoms with E-state index in [4.69, 9.17) is 4.74 Å². The molecule has 0 aliphatic heterocycles. The summed E-state index contributed by atoms with van der Waals surface area (Å²) in [5.41, 5.74) is 1.39. The van der Waals surface area contributed by atoms with Gasteiger partial charge in [-0.3, -0.25) is 4.79 Å². The lowest BCUT2D eigenvalue weighted by atomic mass is 10.2. The van der Waals surface area contributed by atoms with E-state index in [9.17, 15) is 9.59 Å². The predicted octanol–water partition coefficient (Wildman–Crippen LogP) is 2.85. The Bertz CT molecular complexity index is 661. The fourth-order valence-electron chi connectivity index (χ4n) is 2.17. The number of ether oxygens (including phenoxy) is 1. The molecule has 2 rings (SSSR count). The minimum Gasteiger partial charge on any atom is -0.459 e. The van der Waals surface area contributed by atoms with Crippen molar-refractivity contribution in [3.05, 3.63) is 70.1 Å². The van der Waals surface area contributed by atoms with Crippen molar-refractivity contribution in [1.29, 1.82) is 0 Å². The molecule has 1 atom stereocenters. The first kappa shape index (κ1) is 15.0. The number of carbonyl (C=O) groups excluding carboxylic acids is 1. The van der Waals surface area contributed by atoms with E-state index in [1.807, 2.05) is 37.3 Å². The van der Waals surface area contributed by atoms with Crippen LogP contribution in [0.15, 0.2) is 53.5 Å². The molecule has 1 heterocycles. The average molecular weight is 285 g/mol. The van der Waals surface area contributed by atoms with Crippen LogP contribution in [0.5, 0.6) is 0 Å². The van der Waals surface area contributed by atoms with Gasteiger partial charge in [-0.2, -0.15) is 0 Å². The van der Waals surface area contributed by atoms with Gasteiger partial charge in [-0.1, -0.05) is 43.3 Å². The second-order valence-electron chi connectivity index (χ2n) is 4.92. The monoisotopic (exact) mass is 285 g/mol. The molecule has 0 saturated carbocycles. The van der Waals surface area contributed by atoms with Gasteiger partial charge in [-0.25, -0.2) is 4.79 Å². The highest BCUT2D eigenvalue weighted by Gasteiger charge is 2.21. The van der Waals surface area contributed by atoms with Gasteiger partial charge in [-0.05, 0) is 25.0 Å². The fraction of sp³-hybridized carbons (Fsp3) is 0.294. The Labute approximate surface area is 124 Å². The number of esters is 1. The molecular formula is C17H19NO3. The molecule has 0 amide bonds. The van der Waals surface area contributed by atoms with Crippen LogP contribution in [-0.4, -0.2) is 10.5 Å². The van der Waals surface area contributed by atoms with Crippen LogP contribution in [0, 0.1) is 6.92 Å². The quantitative estimate of drug-likeness (QED) is 0.794. The van der Waals surface area contributed by atoms with Gasteiger partial charge < -0.3 is 9.30 Å². The Morgan fingerprint density at radius 2 is 1.90 bits per heavy atom. The lowest BCUT2D eigenvalue weighted by Crippen LogP contribution is -2.31. The molecule has 0 aliphatic carbocycles. The summed E-state index contributed by atoms with van der Waals surface area (Å²) in [7, 11) is 0. The van der Waals surface area contributed by atoms with Crippen LogP contribution < -0.4 is 5.56 Å². The van der Waals surface area contributed by atoms with Crippen molar-refractivity contribution < 1.29 is 9.53 Å². The average Bonchev–Trinajstić information content (AvgIpc) is 2.51. The lowest BCUT2D eigenvalue weighted by Gasteiger charge is -2.17. The summed E-state index contributed by atoms with van der Waals surface area (Å²) < 4.78 is 6.78. The van der Waals surface area contributed by atoms with E-state index in [1.165, 1.54) is 4.57 Å². The zero-order valence-corrected chi connectivity index (χ0v) is 12.3. The van der Waals surface area contributed by atoms with Gasteiger partial charge in [0, 0.05) is 11.8 Å². The summed E-state index contributed by atoms with van der Waals surface area (Å²) in [6, 6.07) is 12.4. The molecule has 0 saturated heterocycles. The van der Waals surface area contributed by atoms with Crippen LogP contribution in [0.3, 0.4) is 0 Å². The van der Waals surface area contributed by atoms with E-state index in [-0.39, 0.29) is 18.1 Å². The maximum Gasteiger partial charge on any atom is 0.329 e. The normalized spacial score (nSPS) is 11.9. The Kier molecular flexibility index (Phi) is 4.93. The van der Waals surface area contributed by atoms with Crippen molar-refractivity contribution in [3.63, 3.8) is 0 Å². The molecule has 0 radical (unpaired) electrons.